The quantitative estimate of drug-likeness (QED) is 0.335. The van der Waals surface area contributed by atoms with E-state index >= 15 is 0 Å². The van der Waals surface area contributed by atoms with Crippen LogP contribution in [-0.2, 0) is 9.53 Å². The molecule has 0 spiro atoms. The Bertz CT molecular complexity index is 1820. The second-order valence-electron chi connectivity index (χ2n) is 8.99. The van der Waals surface area contributed by atoms with E-state index in [9.17, 15) is 24.0 Å². The Morgan fingerprint density at radius 3 is 2.35 bits per heavy atom. The number of benzene rings is 3. The number of nitrogens with zero attached hydrogens (tertiary/aromatic N) is 2. The van der Waals surface area contributed by atoms with E-state index in [1.54, 1.807) is 42.5 Å². The van der Waals surface area contributed by atoms with Gasteiger partial charge in [0.2, 0.25) is 0 Å². The van der Waals surface area contributed by atoms with Gasteiger partial charge in [-0.25, -0.2) is 9.18 Å². The van der Waals surface area contributed by atoms with E-state index in [4.69, 9.17) is 16.3 Å². The molecule has 1 N–H and O–H groups in total. The van der Waals surface area contributed by atoms with Gasteiger partial charge in [0.05, 0.1) is 27.9 Å². The molecule has 7 nitrogen and oxygen atoms in total. The number of nitriles is 1. The molecule has 0 fully saturated rings. The number of methoxy groups -OCH3 is 1. The molecule has 1 aromatic heterocycles. The van der Waals surface area contributed by atoms with Crippen LogP contribution in [0.25, 0.3) is 17.3 Å². The zero-order valence-electron chi connectivity index (χ0n) is 21.7. The molecule has 0 saturated carbocycles. The van der Waals surface area contributed by atoms with E-state index in [1.807, 2.05) is 32.0 Å². The highest BCUT2D eigenvalue weighted by atomic mass is 35.5. The Morgan fingerprint density at radius 2 is 1.77 bits per heavy atom. The Kier molecular flexibility index (Phi) is 8.63. The number of hydrogen-bond acceptors (Lipinski definition) is 6. The summed E-state index contributed by atoms with van der Waals surface area (Å²) >= 11 is 6.81. The Morgan fingerprint density at radius 1 is 1.10 bits per heavy atom. The molecule has 0 saturated heterocycles. The van der Waals surface area contributed by atoms with Gasteiger partial charge in [0, 0.05) is 5.69 Å². The number of rotatable bonds is 6. The summed E-state index contributed by atoms with van der Waals surface area (Å²) in [4.78, 5) is 38.6. The number of carbonyl (C=O) groups excluding carboxylic acids is 2. The van der Waals surface area contributed by atoms with Crippen LogP contribution < -0.4 is 20.1 Å². The van der Waals surface area contributed by atoms with Crippen LogP contribution in [0.2, 0.25) is 5.02 Å². The van der Waals surface area contributed by atoms with Gasteiger partial charge in [-0.3, -0.25) is 14.2 Å². The molecule has 0 aliphatic carbocycles. The van der Waals surface area contributed by atoms with Crippen LogP contribution >= 0.6 is 22.9 Å². The number of amides is 1. The summed E-state index contributed by atoms with van der Waals surface area (Å²) in [6.45, 7) is 4.09. The SMILES string of the molecule is COC(=O)c1ccc(/C=c2/s/c(=C(\C#N)C(=O)Nc3ccc(F)c(Cl)c3)n(-c3ccc(C(C)C)cc3)c2=O)cc1. The highest BCUT2D eigenvalue weighted by Crippen LogP contribution is 2.20. The summed E-state index contributed by atoms with van der Waals surface area (Å²) in [5.74, 6) is -1.66. The predicted octanol–water partition coefficient (Wildman–Crippen LogP) is 4.74. The van der Waals surface area contributed by atoms with Gasteiger partial charge in [-0.1, -0.05) is 49.7 Å². The molecule has 4 rings (SSSR count). The standard InChI is InChI=1S/C30H23ClFN3O4S/c1-17(2)19-8-11-22(12-9-19)35-28(37)26(14-18-4-6-20(7-5-18)30(38)39-3)40-29(35)23(16-33)27(36)34-21-10-13-25(32)24(31)15-21/h4-15,17H,1-3H3,(H,34,36)/b26-14+,29-23+. The third-order valence-electron chi connectivity index (χ3n) is 6.00. The van der Waals surface area contributed by atoms with Gasteiger partial charge in [-0.15, -0.1) is 11.3 Å². The van der Waals surface area contributed by atoms with E-state index in [2.05, 4.69) is 5.32 Å². The van der Waals surface area contributed by atoms with Crippen LogP contribution in [0.4, 0.5) is 10.1 Å². The smallest absolute Gasteiger partial charge is 0.337 e. The van der Waals surface area contributed by atoms with Gasteiger partial charge < -0.3 is 10.1 Å². The third kappa shape index (κ3) is 6.04. The highest BCUT2D eigenvalue weighted by molar-refractivity contribution is 7.07. The molecule has 0 aliphatic rings. The van der Waals surface area contributed by atoms with Crippen LogP contribution in [0.3, 0.4) is 0 Å². The van der Waals surface area contributed by atoms with E-state index in [0.29, 0.717) is 16.8 Å². The second-order valence-corrected chi connectivity index (χ2v) is 10.4. The predicted molar refractivity (Wildman–Crippen MR) is 154 cm³/mol. The highest BCUT2D eigenvalue weighted by Gasteiger charge is 2.18. The fourth-order valence-corrected chi connectivity index (χ4v) is 5.12. The van der Waals surface area contributed by atoms with Gasteiger partial charge >= 0.3 is 5.97 Å². The van der Waals surface area contributed by atoms with Crippen molar-refractivity contribution in [2.45, 2.75) is 19.8 Å². The van der Waals surface area contributed by atoms with Crippen molar-refractivity contribution >= 4 is 52.2 Å². The lowest BCUT2D eigenvalue weighted by atomic mass is 10.0. The van der Waals surface area contributed by atoms with E-state index in [1.165, 1.54) is 23.8 Å². The van der Waals surface area contributed by atoms with Crippen LogP contribution in [-0.4, -0.2) is 23.6 Å². The molecule has 202 valence electrons. The maximum atomic E-state index is 13.7. The molecular formula is C30H23ClFN3O4S. The first-order valence-corrected chi connectivity index (χ1v) is 13.3. The van der Waals surface area contributed by atoms with Crippen LogP contribution in [0, 0.1) is 17.1 Å². The van der Waals surface area contributed by atoms with Crippen molar-refractivity contribution in [3.05, 3.63) is 114 Å². The van der Waals surface area contributed by atoms with Crippen molar-refractivity contribution in [3.8, 4) is 11.8 Å². The lowest BCUT2D eigenvalue weighted by molar-refractivity contribution is -0.111. The maximum Gasteiger partial charge on any atom is 0.337 e. The van der Waals surface area contributed by atoms with E-state index in [0.717, 1.165) is 23.0 Å². The summed E-state index contributed by atoms with van der Waals surface area (Å²) < 4.78 is 20.0. The van der Waals surface area contributed by atoms with Crippen molar-refractivity contribution in [1.29, 1.82) is 5.26 Å². The molecule has 0 atom stereocenters. The third-order valence-corrected chi connectivity index (χ3v) is 7.38. The molecule has 3 aromatic carbocycles. The number of halogens is 2. The number of thiazole rings is 1. The summed E-state index contributed by atoms with van der Waals surface area (Å²) in [7, 11) is 1.29. The maximum absolute atomic E-state index is 13.7. The number of ether oxygens (including phenoxy) is 1. The molecule has 10 heteroatoms. The van der Waals surface area contributed by atoms with Crippen LogP contribution in [0.5, 0.6) is 0 Å². The van der Waals surface area contributed by atoms with Gasteiger partial charge in [0.1, 0.15) is 16.5 Å². The van der Waals surface area contributed by atoms with Crippen molar-refractivity contribution < 1.29 is 18.7 Å². The Balaban J connectivity index is 1.91. The van der Waals surface area contributed by atoms with Gasteiger partial charge in [0.15, 0.2) is 5.57 Å². The van der Waals surface area contributed by atoms with Gasteiger partial charge in [-0.2, -0.15) is 5.26 Å². The molecule has 1 heterocycles. The average Bonchev–Trinajstić information content (AvgIpc) is 3.26. The fourth-order valence-electron chi connectivity index (χ4n) is 3.84. The van der Waals surface area contributed by atoms with Gasteiger partial charge in [-0.05, 0) is 65.6 Å². The largest absolute Gasteiger partial charge is 0.465 e. The Labute approximate surface area is 238 Å². The van der Waals surface area contributed by atoms with Crippen molar-refractivity contribution in [1.82, 2.24) is 4.57 Å². The van der Waals surface area contributed by atoms with Crippen LogP contribution in [0.15, 0.2) is 71.5 Å². The summed E-state index contributed by atoms with van der Waals surface area (Å²) in [6, 6.07) is 19.3. The van der Waals surface area contributed by atoms with Crippen LogP contribution in [0.1, 0.15) is 41.3 Å². The zero-order valence-corrected chi connectivity index (χ0v) is 23.3. The number of aromatic nitrogens is 1. The lowest BCUT2D eigenvalue weighted by Gasteiger charge is -2.08. The molecule has 4 aromatic rings. The molecule has 1 amide bonds. The van der Waals surface area contributed by atoms with Crippen molar-refractivity contribution in [2.75, 3.05) is 12.4 Å². The summed E-state index contributed by atoms with van der Waals surface area (Å²) in [6.07, 6.45) is 1.61. The zero-order chi connectivity index (χ0) is 29.0. The van der Waals surface area contributed by atoms with E-state index in [-0.39, 0.29) is 31.4 Å². The second kappa shape index (κ2) is 12.1. The van der Waals surface area contributed by atoms with Gasteiger partial charge in [0.25, 0.3) is 11.5 Å². The summed E-state index contributed by atoms with van der Waals surface area (Å²) in [5, 5.41) is 12.4. The molecule has 0 radical (unpaired) electrons. The lowest BCUT2D eigenvalue weighted by Crippen LogP contribution is -2.32. The number of anilines is 1. The molecule has 40 heavy (non-hydrogen) atoms. The van der Waals surface area contributed by atoms with Crippen molar-refractivity contribution in [3.63, 3.8) is 0 Å². The summed E-state index contributed by atoms with van der Waals surface area (Å²) in [5.41, 5.74) is 1.97. The Hall–Kier alpha value is -4.52. The number of hydrogen-bond donors (Lipinski definition) is 1. The van der Waals surface area contributed by atoms with Crippen molar-refractivity contribution in [2.24, 2.45) is 0 Å². The molecule has 0 unspecified atom stereocenters. The fraction of sp³-hybridized carbons (Fsp3) is 0.133. The molecule has 0 bridgehead atoms. The monoisotopic (exact) mass is 575 g/mol. The molecular weight excluding hydrogens is 553 g/mol. The average molecular weight is 576 g/mol. The normalized spacial score (nSPS) is 12.2. The first kappa shape index (κ1) is 28.5. The number of carbonyl (C=O) groups is 2. The number of nitrogens with one attached hydrogen (secondary N) is 1. The molecule has 0 aliphatic heterocycles. The van der Waals surface area contributed by atoms with E-state index < -0.39 is 23.3 Å². The number of esters is 1. The minimum absolute atomic E-state index is 0.118. The minimum atomic E-state index is -0.784. The first-order valence-electron chi connectivity index (χ1n) is 12.1. The first-order chi connectivity index (χ1) is 19.1. The minimum Gasteiger partial charge on any atom is -0.465 e. The topological polar surface area (TPSA) is 101 Å².